The van der Waals surface area contributed by atoms with Gasteiger partial charge in [0.2, 0.25) is 5.91 Å². The van der Waals surface area contributed by atoms with E-state index in [1.54, 1.807) is 18.3 Å². The molecule has 0 aliphatic heterocycles. The maximum absolute atomic E-state index is 11.8. The zero-order chi connectivity index (χ0) is 13.7. The molecular formula is C12H12N6O. The average Bonchev–Trinajstić information content (AvgIpc) is 2.93. The predicted molar refractivity (Wildman–Crippen MR) is 69.2 cm³/mol. The Bertz CT molecular complexity index is 601. The van der Waals surface area contributed by atoms with Gasteiger partial charge in [-0.05, 0) is 12.1 Å². The summed E-state index contributed by atoms with van der Waals surface area (Å²) >= 11 is 0. The molecule has 7 nitrogen and oxygen atoms in total. The summed E-state index contributed by atoms with van der Waals surface area (Å²) in [6.45, 7) is 0. The topological polar surface area (TPSA) is 98.7 Å². The maximum atomic E-state index is 11.8. The van der Waals surface area contributed by atoms with Gasteiger partial charge in [-0.2, -0.15) is 5.10 Å². The number of carbonyl (C=O) groups excluding carboxylic acids is 1. The highest BCUT2D eigenvalue weighted by molar-refractivity contribution is 5.96. The molecule has 1 amide bonds. The zero-order valence-corrected chi connectivity index (χ0v) is 10.0. The lowest BCUT2D eigenvalue weighted by Gasteiger charge is -2.12. The molecule has 0 saturated carbocycles. The predicted octanol–water partition coefficient (Wildman–Crippen LogP) is -0.0486. The van der Waals surface area contributed by atoms with Gasteiger partial charge < -0.3 is 11.1 Å². The average molecular weight is 256 g/mol. The van der Waals surface area contributed by atoms with Crippen molar-refractivity contribution in [2.75, 3.05) is 5.32 Å². The molecule has 0 aliphatic rings. The zero-order valence-electron chi connectivity index (χ0n) is 10.0. The molecule has 0 aliphatic carbocycles. The number of terminal acetylenes is 1. The summed E-state index contributed by atoms with van der Waals surface area (Å²) in [6, 6.07) is 2.64. The van der Waals surface area contributed by atoms with Gasteiger partial charge in [0.05, 0.1) is 11.7 Å². The minimum Gasteiger partial charge on any atom is -0.322 e. The van der Waals surface area contributed by atoms with Crippen LogP contribution in [0.25, 0.3) is 5.82 Å². The van der Waals surface area contributed by atoms with Gasteiger partial charge in [0.15, 0.2) is 5.82 Å². The van der Waals surface area contributed by atoms with E-state index in [1.807, 2.05) is 0 Å². The molecule has 0 radical (unpaired) electrons. The molecule has 1 atom stereocenters. The molecule has 0 saturated heterocycles. The first-order valence-corrected chi connectivity index (χ1v) is 5.52. The number of rotatable bonds is 4. The lowest BCUT2D eigenvalue weighted by atomic mass is 10.2. The molecule has 0 aromatic carbocycles. The Morgan fingerprint density at radius 3 is 3.16 bits per heavy atom. The Labute approximate surface area is 109 Å². The molecule has 3 N–H and O–H groups in total. The van der Waals surface area contributed by atoms with Crippen LogP contribution in [0.5, 0.6) is 0 Å². The van der Waals surface area contributed by atoms with E-state index in [0.29, 0.717) is 11.5 Å². The van der Waals surface area contributed by atoms with Crippen LogP contribution in [-0.2, 0) is 4.79 Å². The molecule has 0 fully saturated rings. The summed E-state index contributed by atoms with van der Waals surface area (Å²) < 4.78 is 1.45. The quantitative estimate of drug-likeness (QED) is 0.747. The van der Waals surface area contributed by atoms with E-state index in [2.05, 4.69) is 26.3 Å². The fourth-order valence-electron chi connectivity index (χ4n) is 1.44. The highest BCUT2D eigenvalue weighted by Gasteiger charge is 2.15. The van der Waals surface area contributed by atoms with Gasteiger partial charge in [0.1, 0.15) is 12.7 Å². The van der Waals surface area contributed by atoms with Crippen molar-refractivity contribution in [1.29, 1.82) is 0 Å². The highest BCUT2D eigenvalue weighted by Crippen LogP contribution is 2.15. The number of nitrogens with zero attached hydrogens (tertiary/aromatic N) is 4. The van der Waals surface area contributed by atoms with E-state index >= 15 is 0 Å². The van der Waals surface area contributed by atoms with Crippen LogP contribution in [0, 0.1) is 12.3 Å². The van der Waals surface area contributed by atoms with Gasteiger partial charge in [-0.1, -0.05) is 0 Å². The summed E-state index contributed by atoms with van der Waals surface area (Å²) in [7, 11) is 0. The van der Waals surface area contributed by atoms with E-state index in [9.17, 15) is 4.79 Å². The molecule has 0 bridgehead atoms. The molecule has 2 rings (SSSR count). The lowest BCUT2D eigenvalue weighted by molar-refractivity contribution is -0.117. The maximum Gasteiger partial charge on any atom is 0.242 e. The van der Waals surface area contributed by atoms with Crippen LogP contribution in [0.1, 0.15) is 6.42 Å². The third kappa shape index (κ3) is 2.94. The van der Waals surface area contributed by atoms with Crippen LogP contribution in [0.4, 0.5) is 5.69 Å². The summed E-state index contributed by atoms with van der Waals surface area (Å²) in [5.41, 5.74) is 6.13. The number of pyridine rings is 1. The minimum atomic E-state index is -0.756. The Morgan fingerprint density at radius 2 is 2.47 bits per heavy atom. The third-order valence-corrected chi connectivity index (χ3v) is 2.35. The Morgan fingerprint density at radius 1 is 1.63 bits per heavy atom. The third-order valence-electron chi connectivity index (χ3n) is 2.35. The molecule has 2 aromatic heterocycles. The van der Waals surface area contributed by atoms with Crippen molar-refractivity contribution in [3.8, 4) is 18.2 Å². The van der Waals surface area contributed by atoms with Crippen molar-refractivity contribution in [2.45, 2.75) is 12.5 Å². The van der Waals surface area contributed by atoms with Crippen LogP contribution in [-0.4, -0.2) is 31.7 Å². The van der Waals surface area contributed by atoms with Crippen LogP contribution >= 0.6 is 0 Å². The van der Waals surface area contributed by atoms with E-state index in [0.717, 1.165) is 0 Å². The first kappa shape index (κ1) is 12.7. The number of amides is 1. The van der Waals surface area contributed by atoms with E-state index < -0.39 is 6.04 Å². The van der Waals surface area contributed by atoms with Gasteiger partial charge in [-0.3, -0.25) is 4.79 Å². The number of aromatic nitrogens is 4. The van der Waals surface area contributed by atoms with Gasteiger partial charge in [-0.15, -0.1) is 12.3 Å². The molecule has 96 valence electrons. The van der Waals surface area contributed by atoms with Gasteiger partial charge in [0, 0.05) is 12.6 Å². The van der Waals surface area contributed by atoms with Crippen molar-refractivity contribution in [3.05, 3.63) is 31.0 Å². The minimum absolute atomic E-state index is 0.171. The molecule has 1 unspecified atom stereocenters. The number of nitrogens with two attached hydrogens (primary N) is 1. The number of carbonyl (C=O) groups is 1. The number of hydrogen-bond donors (Lipinski definition) is 2. The SMILES string of the molecule is C#CCC(N)C(=O)Nc1cccnc1-n1cncn1. The normalized spacial score (nSPS) is 11.6. The highest BCUT2D eigenvalue weighted by atomic mass is 16.2. The van der Waals surface area contributed by atoms with Gasteiger partial charge in [-0.25, -0.2) is 14.6 Å². The second-order valence-electron chi connectivity index (χ2n) is 3.72. The standard InChI is InChI=1S/C12H12N6O/c1-2-4-9(13)12(19)17-10-5-3-6-15-11(10)18-8-14-7-16-18/h1,3,5-9H,4,13H2,(H,17,19). The first-order valence-electron chi connectivity index (χ1n) is 5.52. The van der Waals surface area contributed by atoms with Crippen LogP contribution < -0.4 is 11.1 Å². The molecule has 0 spiro atoms. The van der Waals surface area contributed by atoms with Crippen LogP contribution in [0.3, 0.4) is 0 Å². The Hall–Kier alpha value is -2.72. The first-order chi connectivity index (χ1) is 9.22. The number of anilines is 1. The van der Waals surface area contributed by atoms with Gasteiger partial charge in [0.25, 0.3) is 0 Å². The molecular weight excluding hydrogens is 244 g/mol. The van der Waals surface area contributed by atoms with Crippen LogP contribution in [0.15, 0.2) is 31.0 Å². The summed E-state index contributed by atoms with van der Waals surface area (Å²) in [5, 5.41) is 6.64. The molecule has 19 heavy (non-hydrogen) atoms. The molecule has 7 heteroatoms. The summed E-state index contributed by atoms with van der Waals surface area (Å²) in [5.74, 6) is 2.44. The Kier molecular flexibility index (Phi) is 3.85. The van der Waals surface area contributed by atoms with Crippen molar-refractivity contribution in [3.63, 3.8) is 0 Å². The monoisotopic (exact) mass is 256 g/mol. The van der Waals surface area contributed by atoms with Crippen molar-refractivity contribution >= 4 is 11.6 Å². The second-order valence-corrected chi connectivity index (χ2v) is 3.72. The van der Waals surface area contributed by atoms with Crippen molar-refractivity contribution in [2.24, 2.45) is 5.73 Å². The largest absolute Gasteiger partial charge is 0.322 e. The lowest BCUT2D eigenvalue weighted by Crippen LogP contribution is -2.35. The number of nitrogens with one attached hydrogen (secondary N) is 1. The fraction of sp³-hybridized carbons (Fsp3) is 0.167. The van der Waals surface area contributed by atoms with Crippen molar-refractivity contribution in [1.82, 2.24) is 19.7 Å². The fourth-order valence-corrected chi connectivity index (χ4v) is 1.44. The summed E-state index contributed by atoms with van der Waals surface area (Å²) in [6.07, 6.45) is 9.75. The van der Waals surface area contributed by atoms with E-state index in [4.69, 9.17) is 12.2 Å². The van der Waals surface area contributed by atoms with Crippen LogP contribution in [0.2, 0.25) is 0 Å². The summed E-state index contributed by atoms with van der Waals surface area (Å²) in [4.78, 5) is 19.8. The van der Waals surface area contributed by atoms with E-state index in [-0.39, 0.29) is 12.3 Å². The smallest absolute Gasteiger partial charge is 0.242 e. The second kappa shape index (κ2) is 5.75. The molecule has 2 heterocycles. The Balaban J connectivity index is 2.22. The van der Waals surface area contributed by atoms with Crippen molar-refractivity contribution < 1.29 is 4.79 Å². The number of hydrogen-bond acceptors (Lipinski definition) is 5. The van der Waals surface area contributed by atoms with Gasteiger partial charge >= 0.3 is 0 Å². The molecule has 2 aromatic rings. The van der Waals surface area contributed by atoms with E-state index in [1.165, 1.54) is 17.3 Å².